The molecule has 1 fully saturated rings. The molecule has 3 aromatic rings. The highest BCUT2D eigenvalue weighted by atomic mass is 15.1. The number of nitrogens with zero attached hydrogens (tertiary/aromatic N) is 1. The first-order valence-electron chi connectivity index (χ1n) is 12.6. The van der Waals surface area contributed by atoms with Gasteiger partial charge in [0.1, 0.15) is 0 Å². The molecular weight excluding hydrogens is 400 g/mol. The van der Waals surface area contributed by atoms with Crippen molar-refractivity contribution in [3.8, 4) is 0 Å². The summed E-state index contributed by atoms with van der Waals surface area (Å²) in [4.78, 5) is 2.70. The molecule has 1 saturated heterocycles. The quantitative estimate of drug-likeness (QED) is 0.377. The molecule has 1 heterocycles. The van der Waals surface area contributed by atoms with Crippen molar-refractivity contribution in [3.63, 3.8) is 0 Å². The van der Waals surface area contributed by atoms with Crippen LogP contribution in [0.25, 0.3) is 5.70 Å². The molecule has 1 atom stereocenters. The Balaban J connectivity index is 1.42. The summed E-state index contributed by atoms with van der Waals surface area (Å²) in [5.41, 5.74) is 6.52. The molecular formula is C31H38N2. The van der Waals surface area contributed by atoms with Gasteiger partial charge in [-0.3, -0.25) is 0 Å². The molecule has 172 valence electrons. The predicted octanol–water partition coefficient (Wildman–Crippen LogP) is 6.74. The van der Waals surface area contributed by atoms with E-state index in [4.69, 9.17) is 0 Å². The van der Waals surface area contributed by atoms with Crippen molar-refractivity contribution in [2.24, 2.45) is 5.92 Å². The molecule has 0 spiro atoms. The largest absolute Gasteiger partial charge is 0.385 e. The van der Waals surface area contributed by atoms with Gasteiger partial charge in [0.25, 0.3) is 0 Å². The molecule has 3 aromatic carbocycles. The molecule has 1 N–H and O–H groups in total. The van der Waals surface area contributed by atoms with Gasteiger partial charge in [-0.2, -0.15) is 0 Å². The number of benzene rings is 3. The van der Waals surface area contributed by atoms with E-state index in [0.29, 0.717) is 11.8 Å². The fourth-order valence-electron chi connectivity index (χ4n) is 5.11. The van der Waals surface area contributed by atoms with Crippen molar-refractivity contribution < 1.29 is 0 Å². The summed E-state index contributed by atoms with van der Waals surface area (Å²) in [5.74, 6) is 1.13. The Hall–Kier alpha value is -2.84. The van der Waals surface area contributed by atoms with Crippen LogP contribution in [0.5, 0.6) is 0 Å². The van der Waals surface area contributed by atoms with E-state index in [9.17, 15) is 0 Å². The molecule has 0 radical (unpaired) electrons. The van der Waals surface area contributed by atoms with Gasteiger partial charge < -0.3 is 10.2 Å². The van der Waals surface area contributed by atoms with Crippen molar-refractivity contribution in [2.45, 2.75) is 38.5 Å². The number of piperidine rings is 1. The molecule has 0 amide bonds. The van der Waals surface area contributed by atoms with Gasteiger partial charge in [-0.15, -0.1) is 0 Å². The summed E-state index contributed by atoms with van der Waals surface area (Å²) in [7, 11) is 0. The summed E-state index contributed by atoms with van der Waals surface area (Å²) in [6.45, 7) is 10.9. The minimum absolute atomic E-state index is 0.419. The van der Waals surface area contributed by atoms with Crippen LogP contribution in [-0.2, 0) is 6.42 Å². The average molecular weight is 439 g/mol. The third-order valence-corrected chi connectivity index (χ3v) is 6.84. The van der Waals surface area contributed by atoms with Gasteiger partial charge in [-0.05, 0) is 66.5 Å². The second-order valence-corrected chi connectivity index (χ2v) is 9.45. The van der Waals surface area contributed by atoms with Crippen molar-refractivity contribution in [2.75, 3.05) is 26.2 Å². The fourth-order valence-corrected chi connectivity index (χ4v) is 5.11. The highest BCUT2D eigenvalue weighted by Gasteiger charge is 2.24. The lowest BCUT2D eigenvalue weighted by atomic mass is 9.87. The van der Waals surface area contributed by atoms with E-state index >= 15 is 0 Å². The van der Waals surface area contributed by atoms with Crippen LogP contribution in [0.1, 0.15) is 54.4 Å². The van der Waals surface area contributed by atoms with Crippen molar-refractivity contribution in [1.82, 2.24) is 10.2 Å². The summed E-state index contributed by atoms with van der Waals surface area (Å²) in [5, 5.41) is 3.44. The first kappa shape index (κ1) is 23.3. The molecule has 4 rings (SSSR count). The predicted molar refractivity (Wildman–Crippen MR) is 141 cm³/mol. The molecule has 33 heavy (non-hydrogen) atoms. The Labute approximate surface area is 200 Å². The van der Waals surface area contributed by atoms with E-state index in [1.807, 2.05) is 0 Å². The van der Waals surface area contributed by atoms with Gasteiger partial charge in [0.05, 0.1) is 0 Å². The minimum Gasteiger partial charge on any atom is -0.385 e. The van der Waals surface area contributed by atoms with E-state index in [-0.39, 0.29) is 0 Å². The van der Waals surface area contributed by atoms with Crippen LogP contribution < -0.4 is 5.32 Å². The van der Waals surface area contributed by atoms with Crippen LogP contribution in [0.4, 0.5) is 0 Å². The molecule has 1 unspecified atom stereocenters. The zero-order chi connectivity index (χ0) is 22.9. The summed E-state index contributed by atoms with van der Waals surface area (Å²) in [6.07, 6.45) is 4.86. The normalized spacial score (nSPS) is 16.6. The van der Waals surface area contributed by atoms with Crippen molar-refractivity contribution in [1.29, 1.82) is 0 Å². The Kier molecular flexibility index (Phi) is 8.38. The molecule has 0 saturated carbocycles. The Bertz CT molecular complexity index is 956. The SMILES string of the molecule is C=C(NCCC)c1cccc(CC2CCCN(CC(c3ccccc3)c3ccccc3)C2)c1. The number of rotatable bonds is 10. The number of hydrogen-bond donors (Lipinski definition) is 1. The molecule has 0 bridgehead atoms. The zero-order valence-corrected chi connectivity index (χ0v) is 20.0. The van der Waals surface area contributed by atoms with E-state index in [0.717, 1.165) is 31.6 Å². The molecule has 0 aromatic heterocycles. The maximum atomic E-state index is 4.23. The van der Waals surface area contributed by atoms with Gasteiger partial charge in [-0.25, -0.2) is 0 Å². The zero-order valence-electron chi connectivity index (χ0n) is 20.0. The molecule has 2 heteroatoms. The third-order valence-electron chi connectivity index (χ3n) is 6.84. The van der Waals surface area contributed by atoms with Gasteiger partial charge in [0, 0.05) is 31.2 Å². The number of hydrogen-bond acceptors (Lipinski definition) is 2. The maximum Gasteiger partial charge on any atom is 0.0340 e. The Morgan fingerprint density at radius 2 is 1.67 bits per heavy atom. The van der Waals surface area contributed by atoms with Crippen LogP contribution >= 0.6 is 0 Å². The standard InChI is InChI=1S/C31H38N2/c1-3-19-32-25(2)30-18-10-12-26(22-30)21-27-13-11-20-33(23-27)24-31(28-14-6-4-7-15-28)29-16-8-5-9-17-29/h4-10,12,14-18,22,27,31-32H,2-3,11,13,19-21,23-24H2,1H3. The lowest BCUT2D eigenvalue weighted by Crippen LogP contribution is -2.39. The van der Waals surface area contributed by atoms with Crippen molar-refractivity contribution in [3.05, 3.63) is 114 Å². The Morgan fingerprint density at radius 1 is 0.970 bits per heavy atom. The van der Waals surface area contributed by atoms with Crippen LogP contribution in [0.15, 0.2) is 91.5 Å². The average Bonchev–Trinajstić information content (AvgIpc) is 2.87. The molecule has 1 aliphatic heterocycles. The lowest BCUT2D eigenvalue weighted by molar-refractivity contribution is 0.170. The topological polar surface area (TPSA) is 15.3 Å². The highest BCUT2D eigenvalue weighted by molar-refractivity contribution is 5.62. The number of likely N-dealkylation sites (tertiary alicyclic amines) is 1. The summed E-state index contributed by atoms with van der Waals surface area (Å²) in [6, 6.07) is 31.0. The molecule has 0 aliphatic carbocycles. The van der Waals surface area contributed by atoms with Crippen molar-refractivity contribution >= 4 is 5.70 Å². The first-order chi connectivity index (χ1) is 16.2. The van der Waals surface area contributed by atoms with Gasteiger partial charge in [0.2, 0.25) is 0 Å². The second-order valence-electron chi connectivity index (χ2n) is 9.45. The Morgan fingerprint density at radius 3 is 2.33 bits per heavy atom. The summed E-state index contributed by atoms with van der Waals surface area (Å²) < 4.78 is 0. The summed E-state index contributed by atoms with van der Waals surface area (Å²) >= 11 is 0. The van der Waals surface area contributed by atoms with E-state index < -0.39 is 0 Å². The van der Waals surface area contributed by atoms with Crippen LogP contribution in [-0.4, -0.2) is 31.1 Å². The molecule has 1 aliphatic rings. The van der Waals surface area contributed by atoms with Crippen LogP contribution in [0, 0.1) is 5.92 Å². The highest BCUT2D eigenvalue weighted by Crippen LogP contribution is 2.29. The van der Waals surface area contributed by atoms with E-state index in [1.54, 1.807) is 0 Å². The van der Waals surface area contributed by atoms with Gasteiger partial charge in [0.15, 0.2) is 0 Å². The fraction of sp³-hybridized carbons (Fsp3) is 0.355. The van der Waals surface area contributed by atoms with Gasteiger partial charge in [-0.1, -0.05) is 92.4 Å². The van der Waals surface area contributed by atoms with E-state index in [1.165, 1.54) is 48.2 Å². The molecule has 2 nitrogen and oxygen atoms in total. The smallest absolute Gasteiger partial charge is 0.0340 e. The monoisotopic (exact) mass is 438 g/mol. The lowest BCUT2D eigenvalue weighted by Gasteiger charge is -2.35. The van der Waals surface area contributed by atoms with E-state index in [2.05, 4.69) is 109 Å². The van der Waals surface area contributed by atoms with Crippen LogP contribution in [0.2, 0.25) is 0 Å². The van der Waals surface area contributed by atoms with Gasteiger partial charge >= 0.3 is 0 Å². The first-order valence-corrected chi connectivity index (χ1v) is 12.6. The number of nitrogens with one attached hydrogen (secondary N) is 1. The minimum atomic E-state index is 0.419. The van der Waals surface area contributed by atoms with Crippen LogP contribution in [0.3, 0.4) is 0 Å². The second kappa shape index (κ2) is 11.9. The third kappa shape index (κ3) is 6.58. The maximum absolute atomic E-state index is 4.23.